The number of esters is 1. The Bertz CT molecular complexity index is 791. The molecule has 1 fully saturated rings. The molecule has 0 aromatic heterocycles. The van der Waals surface area contributed by atoms with Crippen molar-refractivity contribution in [3.05, 3.63) is 59.4 Å². The van der Waals surface area contributed by atoms with Gasteiger partial charge in [-0.1, -0.05) is 6.07 Å². The molecule has 6 heteroatoms. The molecule has 2 aromatic rings. The minimum atomic E-state index is -2.90. The highest BCUT2D eigenvalue weighted by molar-refractivity contribution is 5.89. The van der Waals surface area contributed by atoms with Crippen LogP contribution in [0.15, 0.2) is 42.5 Å². The molecule has 0 unspecified atom stereocenters. The molecule has 3 rings (SSSR count). The second-order valence-corrected chi connectivity index (χ2v) is 6.23. The predicted octanol–water partition coefficient (Wildman–Crippen LogP) is 5.09. The van der Waals surface area contributed by atoms with E-state index in [2.05, 4.69) is 4.74 Å². The van der Waals surface area contributed by atoms with Crippen molar-refractivity contribution in [1.82, 2.24) is 0 Å². The van der Waals surface area contributed by atoms with Crippen LogP contribution in [0, 0.1) is 5.82 Å². The van der Waals surface area contributed by atoms with Crippen molar-refractivity contribution < 1.29 is 27.4 Å². The highest BCUT2D eigenvalue weighted by Crippen LogP contribution is 2.58. The molecule has 0 spiro atoms. The number of ether oxygens (including phenoxy) is 2. The van der Waals surface area contributed by atoms with E-state index < -0.39 is 23.1 Å². The van der Waals surface area contributed by atoms with Crippen LogP contribution >= 0.6 is 0 Å². The first kappa shape index (κ1) is 17.3. The van der Waals surface area contributed by atoms with Gasteiger partial charge in [-0.3, -0.25) is 0 Å². The van der Waals surface area contributed by atoms with E-state index in [4.69, 9.17) is 4.74 Å². The second-order valence-electron chi connectivity index (χ2n) is 6.23. The normalized spacial score (nSPS) is 15.6. The first-order valence-electron chi connectivity index (χ1n) is 7.81. The van der Waals surface area contributed by atoms with E-state index in [0.29, 0.717) is 24.2 Å². The molecule has 132 valence electrons. The summed E-state index contributed by atoms with van der Waals surface area (Å²) in [6, 6.07) is 9.93. The molecule has 2 aromatic carbocycles. The summed E-state index contributed by atoms with van der Waals surface area (Å²) in [7, 11) is 1.27. The fraction of sp³-hybridized carbons (Fsp3) is 0.316. The number of rotatable bonds is 5. The standard InChI is InChI=1S/C19H17F3O3/c1-18(21,22)19(9-10-19)13-5-8-16(15(20)11-13)25-14-6-3-12(4-7-14)17(23)24-2/h3-8,11H,9-10H2,1-2H3. The van der Waals surface area contributed by atoms with Crippen LogP contribution in [-0.2, 0) is 10.2 Å². The van der Waals surface area contributed by atoms with Crippen molar-refractivity contribution >= 4 is 5.97 Å². The van der Waals surface area contributed by atoms with E-state index in [1.165, 1.54) is 43.5 Å². The zero-order chi connectivity index (χ0) is 18.2. The first-order valence-corrected chi connectivity index (χ1v) is 7.81. The van der Waals surface area contributed by atoms with E-state index >= 15 is 0 Å². The summed E-state index contributed by atoms with van der Waals surface area (Å²) in [5, 5.41) is 0. The average Bonchev–Trinajstić information content (AvgIpc) is 3.38. The van der Waals surface area contributed by atoms with Crippen molar-refractivity contribution in [2.24, 2.45) is 0 Å². The number of hydrogen-bond donors (Lipinski definition) is 0. The summed E-state index contributed by atoms with van der Waals surface area (Å²) in [6.07, 6.45) is 0.677. The minimum absolute atomic E-state index is 0.0650. The number of carbonyl (C=O) groups excluding carboxylic acids is 1. The summed E-state index contributed by atoms with van der Waals surface area (Å²) in [6.45, 7) is 0.866. The Kier molecular flexibility index (Phi) is 4.22. The van der Waals surface area contributed by atoms with Gasteiger partial charge in [0.15, 0.2) is 11.6 Å². The fourth-order valence-electron chi connectivity index (χ4n) is 2.89. The molecular weight excluding hydrogens is 333 g/mol. The molecule has 0 atom stereocenters. The van der Waals surface area contributed by atoms with Crippen LogP contribution in [0.5, 0.6) is 11.5 Å². The van der Waals surface area contributed by atoms with Gasteiger partial charge in [0, 0.05) is 6.92 Å². The van der Waals surface area contributed by atoms with Gasteiger partial charge < -0.3 is 9.47 Å². The van der Waals surface area contributed by atoms with Crippen molar-refractivity contribution in [3.8, 4) is 11.5 Å². The lowest BCUT2D eigenvalue weighted by atomic mass is 9.90. The van der Waals surface area contributed by atoms with Crippen LogP contribution in [-0.4, -0.2) is 19.0 Å². The summed E-state index contributed by atoms with van der Waals surface area (Å²) in [5.74, 6) is -3.83. The van der Waals surface area contributed by atoms with Gasteiger partial charge >= 0.3 is 5.97 Å². The molecule has 0 heterocycles. The predicted molar refractivity (Wildman–Crippen MR) is 85.8 cm³/mol. The maximum Gasteiger partial charge on any atom is 0.337 e. The molecule has 0 amide bonds. The molecule has 3 nitrogen and oxygen atoms in total. The Hall–Kier alpha value is -2.50. The highest BCUT2D eigenvalue weighted by atomic mass is 19.3. The third-order valence-electron chi connectivity index (χ3n) is 4.58. The van der Waals surface area contributed by atoms with Gasteiger partial charge in [-0.15, -0.1) is 0 Å². The third-order valence-corrected chi connectivity index (χ3v) is 4.58. The van der Waals surface area contributed by atoms with Crippen LogP contribution in [0.4, 0.5) is 13.2 Å². The number of carbonyl (C=O) groups is 1. The van der Waals surface area contributed by atoms with Crippen LogP contribution in [0.3, 0.4) is 0 Å². The molecule has 0 radical (unpaired) electrons. The molecule has 25 heavy (non-hydrogen) atoms. The molecule has 0 bridgehead atoms. The number of hydrogen-bond acceptors (Lipinski definition) is 3. The van der Waals surface area contributed by atoms with Gasteiger partial charge in [0.05, 0.1) is 18.1 Å². The number of methoxy groups -OCH3 is 1. The zero-order valence-electron chi connectivity index (χ0n) is 13.8. The van der Waals surface area contributed by atoms with E-state index in [-0.39, 0.29) is 11.3 Å². The SMILES string of the molecule is COC(=O)c1ccc(Oc2ccc(C3(C(C)(F)F)CC3)cc2F)cc1. The van der Waals surface area contributed by atoms with Crippen molar-refractivity contribution in [3.63, 3.8) is 0 Å². The first-order chi connectivity index (χ1) is 11.8. The Labute approximate surface area is 143 Å². The topological polar surface area (TPSA) is 35.5 Å². The van der Waals surface area contributed by atoms with E-state index in [1.54, 1.807) is 0 Å². The molecule has 1 aliphatic carbocycles. The third kappa shape index (κ3) is 3.21. The van der Waals surface area contributed by atoms with Gasteiger partial charge in [0.25, 0.3) is 5.92 Å². The Morgan fingerprint density at radius 3 is 2.24 bits per heavy atom. The lowest BCUT2D eigenvalue weighted by Gasteiger charge is -2.23. The van der Waals surface area contributed by atoms with Crippen LogP contribution in [0.25, 0.3) is 0 Å². The van der Waals surface area contributed by atoms with Crippen LogP contribution in [0.2, 0.25) is 0 Å². The number of halogens is 3. The molecule has 0 N–H and O–H groups in total. The second kappa shape index (κ2) is 6.10. The molecule has 1 aliphatic rings. The van der Waals surface area contributed by atoms with Gasteiger partial charge in [-0.2, -0.15) is 0 Å². The summed E-state index contributed by atoms with van der Waals surface area (Å²) in [4.78, 5) is 11.4. The molecule has 0 saturated heterocycles. The van der Waals surface area contributed by atoms with Crippen LogP contribution in [0.1, 0.15) is 35.7 Å². The quantitative estimate of drug-likeness (QED) is 0.705. The number of alkyl halides is 2. The highest BCUT2D eigenvalue weighted by Gasteiger charge is 2.60. The summed E-state index contributed by atoms with van der Waals surface area (Å²) < 4.78 is 51.9. The lowest BCUT2D eigenvalue weighted by Crippen LogP contribution is -2.30. The van der Waals surface area contributed by atoms with Gasteiger partial charge in [0.1, 0.15) is 5.75 Å². The zero-order valence-corrected chi connectivity index (χ0v) is 13.8. The molecule has 1 saturated carbocycles. The van der Waals surface area contributed by atoms with E-state index in [1.807, 2.05) is 0 Å². The fourth-order valence-corrected chi connectivity index (χ4v) is 2.89. The van der Waals surface area contributed by atoms with Gasteiger partial charge in [-0.05, 0) is 54.8 Å². The Morgan fingerprint density at radius 1 is 1.12 bits per heavy atom. The van der Waals surface area contributed by atoms with Crippen LogP contribution < -0.4 is 4.74 Å². The Balaban J connectivity index is 1.79. The summed E-state index contributed by atoms with van der Waals surface area (Å²) in [5.41, 5.74) is -0.647. The Morgan fingerprint density at radius 2 is 1.76 bits per heavy atom. The maximum absolute atomic E-state index is 14.3. The molecule has 0 aliphatic heterocycles. The van der Waals surface area contributed by atoms with Crippen molar-refractivity contribution in [2.45, 2.75) is 31.1 Å². The largest absolute Gasteiger partial charge is 0.465 e. The lowest BCUT2D eigenvalue weighted by molar-refractivity contribution is -0.0200. The summed E-state index contributed by atoms with van der Waals surface area (Å²) >= 11 is 0. The van der Waals surface area contributed by atoms with Crippen molar-refractivity contribution in [2.75, 3.05) is 7.11 Å². The smallest absolute Gasteiger partial charge is 0.337 e. The van der Waals surface area contributed by atoms with E-state index in [0.717, 1.165) is 13.0 Å². The molecular formula is C19H17F3O3. The average molecular weight is 350 g/mol. The number of benzene rings is 2. The van der Waals surface area contributed by atoms with Crippen molar-refractivity contribution in [1.29, 1.82) is 0 Å². The van der Waals surface area contributed by atoms with Gasteiger partial charge in [0.2, 0.25) is 0 Å². The van der Waals surface area contributed by atoms with Gasteiger partial charge in [-0.25, -0.2) is 18.0 Å². The van der Waals surface area contributed by atoms with E-state index in [9.17, 15) is 18.0 Å². The monoisotopic (exact) mass is 350 g/mol. The minimum Gasteiger partial charge on any atom is -0.465 e. The maximum atomic E-state index is 14.3.